The molecule has 162 valence electrons. The van der Waals surface area contributed by atoms with Crippen molar-refractivity contribution >= 4 is 17.5 Å². The van der Waals surface area contributed by atoms with Crippen molar-refractivity contribution in [3.8, 4) is 11.5 Å². The molecule has 7 nitrogen and oxygen atoms in total. The van der Waals surface area contributed by atoms with Crippen LogP contribution in [0.4, 0.5) is 17.6 Å². The summed E-state index contributed by atoms with van der Waals surface area (Å²) < 4.78 is 66.0. The first-order valence-corrected chi connectivity index (χ1v) is 9.14. The van der Waals surface area contributed by atoms with Crippen molar-refractivity contribution in [2.75, 3.05) is 6.61 Å². The van der Waals surface area contributed by atoms with Gasteiger partial charge >= 0.3 is 6.36 Å². The molecule has 1 N–H and O–H groups in total. The zero-order valence-electron chi connectivity index (χ0n) is 15.4. The molecule has 3 heterocycles. The number of alkyl halides is 3. The fourth-order valence-corrected chi connectivity index (χ4v) is 3.46. The predicted molar refractivity (Wildman–Crippen MR) is 97.2 cm³/mol. The van der Waals surface area contributed by atoms with E-state index in [9.17, 15) is 22.4 Å². The lowest BCUT2D eigenvalue weighted by atomic mass is 9.81. The summed E-state index contributed by atoms with van der Waals surface area (Å²) in [6.45, 7) is 0.112. The molecule has 12 heteroatoms. The van der Waals surface area contributed by atoms with Gasteiger partial charge in [-0.05, 0) is 41.4 Å². The fourth-order valence-electron chi connectivity index (χ4n) is 3.33. The summed E-state index contributed by atoms with van der Waals surface area (Å²) >= 11 is 5.67. The first-order valence-electron chi connectivity index (χ1n) is 8.77. The molecule has 0 fully saturated rings. The Hall–Kier alpha value is -3.34. The van der Waals surface area contributed by atoms with Crippen LogP contribution in [0.25, 0.3) is 0 Å². The molecule has 31 heavy (non-hydrogen) atoms. The van der Waals surface area contributed by atoms with E-state index in [2.05, 4.69) is 20.2 Å². The van der Waals surface area contributed by atoms with Gasteiger partial charge < -0.3 is 19.3 Å². The third-order valence-electron chi connectivity index (χ3n) is 4.60. The molecule has 0 bridgehead atoms. The van der Waals surface area contributed by atoms with Crippen LogP contribution in [-0.2, 0) is 5.54 Å². The molecule has 0 saturated carbocycles. The molecule has 1 aliphatic heterocycles. The molecule has 0 radical (unpaired) electrons. The average molecular weight is 458 g/mol. The van der Waals surface area contributed by atoms with E-state index in [0.717, 1.165) is 12.1 Å². The zero-order chi connectivity index (χ0) is 22.2. The van der Waals surface area contributed by atoms with Gasteiger partial charge in [0.1, 0.15) is 17.0 Å². The number of nitrogens with one attached hydrogen (secondary N) is 1. The Morgan fingerprint density at radius 3 is 2.74 bits per heavy atom. The monoisotopic (exact) mass is 457 g/mol. The number of benzene rings is 1. The summed E-state index contributed by atoms with van der Waals surface area (Å²) in [6.07, 6.45) is -3.51. The molecule has 0 saturated heterocycles. The number of pyridine rings is 1. The third-order valence-corrected chi connectivity index (χ3v) is 4.78. The van der Waals surface area contributed by atoms with Gasteiger partial charge in [0.15, 0.2) is 17.3 Å². The van der Waals surface area contributed by atoms with E-state index in [0.29, 0.717) is 5.75 Å². The molecular formula is C19H12ClF4N3O4. The van der Waals surface area contributed by atoms with Gasteiger partial charge in [-0.2, -0.15) is 0 Å². The van der Waals surface area contributed by atoms with Crippen LogP contribution < -0.4 is 14.8 Å². The summed E-state index contributed by atoms with van der Waals surface area (Å²) in [7, 11) is 0. The lowest BCUT2D eigenvalue weighted by Gasteiger charge is -2.38. The predicted octanol–water partition coefficient (Wildman–Crippen LogP) is 4.22. The molecule has 4 rings (SSSR count). The number of amides is 1. The van der Waals surface area contributed by atoms with Gasteiger partial charge in [0.25, 0.3) is 5.91 Å². The zero-order valence-corrected chi connectivity index (χ0v) is 16.1. The Kier molecular flexibility index (Phi) is 5.21. The Bertz CT molecular complexity index is 1140. The molecule has 1 aromatic carbocycles. The topological polar surface area (TPSA) is 86.5 Å². The standard InChI is InChI=1S/C19H12ClF4N3O4/c20-15-9-12(27-31-15)17(28)26-18(5-7-29-14-2-1-6-25-16(14)18)10-3-4-13(11(21)8-10)30-19(22,23)24/h1-4,6,8-9H,5,7H2,(H,26,28)/t18-/m0/s1. The number of nitrogens with zero attached hydrogens (tertiary/aromatic N) is 2. The SMILES string of the molecule is O=C(N[C@]1(c2ccc(OC(F)(F)F)c(F)c2)CCOc2cccnc21)c1cc(Cl)on1. The van der Waals surface area contributed by atoms with Crippen LogP contribution in [0.3, 0.4) is 0 Å². The molecular weight excluding hydrogens is 446 g/mol. The van der Waals surface area contributed by atoms with Crippen molar-refractivity contribution in [1.82, 2.24) is 15.5 Å². The van der Waals surface area contributed by atoms with Gasteiger partial charge in [0.2, 0.25) is 5.22 Å². The van der Waals surface area contributed by atoms with Crippen molar-refractivity contribution in [2.24, 2.45) is 0 Å². The van der Waals surface area contributed by atoms with Crippen LogP contribution in [0.5, 0.6) is 11.5 Å². The number of carbonyl (C=O) groups is 1. The van der Waals surface area contributed by atoms with E-state index >= 15 is 0 Å². The Balaban J connectivity index is 1.81. The number of ether oxygens (including phenoxy) is 2. The summed E-state index contributed by atoms with van der Waals surface area (Å²) in [6, 6.07) is 7.29. The first kappa shape index (κ1) is 20.9. The minimum Gasteiger partial charge on any atom is -0.491 e. The third kappa shape index (κ3) is 4.13. The van der Waals surface area contributed by atoms with Crippen molar-refractivity contribution in [1.29, 1.82) is 0 Å². The van der Waals surface area contributed by atoms with Crippen LogP contribution in [0.1, 0.15) is 28.2 Å². The van der Waals surface area contributed by atoms with Crippen molar-refractivity contribution in [3.63, 3.8) is 0 Å². The largest absolute Gasteiger partial charge is 0.573 e. The number of halogens is 5. The maximum atomic E-state index is 14.5. The van der Waals surface area contributed by atoms with Gasteiger partial charge in [-0.15, -0.1) is 13.2 Å². The summed E-state index contributed by atoms with van der Waals surface area (Å²) in [5, 5.41) is 6.16. The lowest BCUT2D eigenvalue weighted by molar-refractivity contribution is -0.275. The van der Waals surface area contributed by atoms with Crippen molar-refractivity contribution in [3.05, 3.63) is 70.6 Å². The number of rotatable bonds is 4. The van der Waals surface area contributed by atoms with E-state index < -0.39 is 29.4 Å². The maximum Gasteiger partial charge on any atom is 0.573 e. The molecule has 1 amide bonds. The smallest absolute Gasteiger partial charge is 0.491 e. The summed E-state index contributed by atoms with van der Waals surface area (Å²) in [4.78, 5) is 17.1. The van der Waals surface area contributed by atoms with Crippen LogP contribution in [0, 0.1) is 5.82 Å². The molecule has 2 aromatic heterocycles. The van der Waals surface area contributed by atoms with Crippen molar-refractivity contribution < 1.29 is 36.4 Å². The Morgan fingerprint density at radius 2 is 2.06 bits per heavy atom. The van der Waals surface area contributed by atoms with Crippen molar-refractivity contribution in [2.45, 2.75) is 18.3 Å². The number of aromatic nitrogens is 2. The molecule has 1 atom stereocenters. The number of hydrogen-bond acceptors (Lipinski definition) is 6. The van der Waals surface area contributed by atoms with E-state index in [1.807, 2.05) is 0 Å². The fraction of sp³-hybridized carbons (Fsp3) is 0.211. The highest BCUT2D eigenvalue weighted by Crippen LogP contribution is 2.42. The Morgan fingerprint density at radius 1 is 1.26 bits per heavy atom. The highest BCUT2D eigenvalue weighted by atomic mass is 35.5. The second-order valence-corrected chi connectivity index (χ2v) is 6.89. The van der Waals surface area contributed by atoms with Crippen LogP contribution >= 0.6 is 11.6 Å². The van der Waals surface area contributed by atoms with E-state index in [1.54, 1.807) is 12.1 Å². The number of carbonyl (C=O) groups excluding carboxylic acids is 1. The van der Waals surface area contributed by atoms with E-state index in [-0.39, 0.29) is 35.2 Å². The molecule has 0 unspecified atom stereocenters. The van der Waals surface area contributed by atoms with Crippen LogP contribution in [-0.4, -0.2) is 29.0 Å². The van der Waals surface area contributed by atoms with Gasteiger partial charge in [0.05, 0.1) is 6.61 Å². The lowest BCUT2D eigenvalue weighted by Crippen LogP contribution is -2.50. The minimum absolute atomic E-state index is 0.104. The maximum absolute atomic E-state index is 14.5. The Labute approximate surface area is 176 Å². The normalized spacial score (nSPS) is 18.1. The molecule has 0 aliphatic carbocycles. The molecule has 3 aromatic rings. The minimum atomic E-state index is -5.06. The first-order chi connectivity index (χ1) is 14.7. The van der Waals surface area contributed by atoms with Gasteiger partial charge in [-0.1, -0.05) is 11.2 Å². The van der Waals surface area contributed by atoms with E-state index in [1.165, 1.54) is 18.3 Å². The number of fused-ring (bicyclic) bond motifs is 1. The van der Waals surface area contributed by atoms with E-state index in [4.69, 9.17) is 20.9 Å². The quantitative estimate of drug-likeness (QED) is 0.590. The van der Waals surface area contributed by atoms with Crippen LogP contribution in [0.2, 0.25) is 5.22 Å². The van der Waals surface area contributed by atoms with Crippen LogP contribution in [0.15, 0.2) is 47.1 Å². The van der Waals surface area contributed by atoms with Gasteiger partial charge in [-0.25, -0.2) is 4.39 Å². The summed E-state index contributed by atoms with van der Waals surface area (Å²) in [5.41, 5.74) is -1.21. The second-order valence-electron chi connectivity index (χ2n) is 6.52. The average Bonchev–Trinajstić information content (AvgIpc) is 3.15. The van der Waals surface area contributed by atoms with Gasteiger partial charge in [-0.3, -0.25) is 9.78 Å². The molecule has 1 aliphatic rings. The molecule has 0 spiro atoms. The number of hydrogen-bond donors (Lipinski definition) is 1. The summed E-state index contributed by atoms with van der Waals surface area (Å²) in [5.74, 6) is -2.67. The van der Waals surface area contributed by atoms with Gasteiger partial charge in [0, 0.05) is 18.7 Å². The highest BCUT2D eigenvalue weighted by molar-refractivity contribution is 6.29. The highest BCUT2D eigenvalue weighted by Gasteiger charge is 2.43. The second kappa shape index (κ2) is 7.73.